The van der Waals surface area contributed by atoms with E-state index in [1.54, 1.807) is 14.0 Å². The highest BCUT2D eigenvalue weighted by atomic mass is 32.2. The quantitative estimate of drug-likeness (QED) is 0.735. The van der Waals surface area contributed by atoms with Gasteiger partial charge in [0.25, 0.3) is 0 Å². The second-order valence-corrected chi connectivity index (χ2v) is 5.95. The first kappa shape index (κ1) is 12.4. The van der Waals surface area contributed by atoms with Crippen molar-refractivity contribution in [2.45, 2.75) is 19.8 Å². The number of hydrogen-bond acceptors (Lipinski definition) is 3. The number of piperidine rings is 1. The molecule has 1 heterocycles. The predicted molar refractivity (Wildman–Crippen MR) is 57.8 cm³/mol. The molecule has 1 aliphatic heterocycles. The summed E-state index contributed by atoms with van der Waals surface area (Å²) in [5.41, 5.74) is 0. The maximum absolute atomic E-state index is 11.5. The average molecular weight is 234 g/mol. The Bertz CT molecular complexity index is 318. The van der Waals surface area contributed by atoms with Gasteiger partial charge in [-0.15, -0.1) is 0 Å². The van der Waals surface area contributed by atoms with Crippen LogP contribution >= 0.6 is 0 Å². The fourth-order valence-corrected chi connectivity index (χ4v) is 2.92. The molecule has 1 saturated heterocycles. The first-order valence-corrected chi connectivity index (χ1v) is 6.81. The topological polar surface area (TPSA) is 66.5 Å². The molecule has 1 rings (SSSR count). The summed E-state index contributed by atoms with van der Waals surface area (Å²) in [6.45, 7) is 2.57. The molecule has 0 bridgehead atoms. The largest absolute Gasteiger partial charge is 0.359 e. The van der Waals surface area contributed by atoms with Gasteiger partial charge in [-0.1, -0.05) is 0 Å². The minimum absolute atomic E-state index is 0.0172. The number of sulfonamides is 1. The van der Waals surface area contributed by atoms with E-state index in [9.17, 15) is 13.2 Å². The average Bonchev–Trinajstić information content (AvgIpc) is 2.28. The van der Waals surface area contributed by atoms with Gasteiger partial charge in [0, 0.05) is 26.1 Å². The molecule has 0 saturated carbocycles. The smallest absolute Gasteiger partial charge is 0.222 e. The summed E-state index contributed by atoms with van der Waals surface area (Å²) in [5.74, 6) is 0.124. The van der Waals surface area contributed by atoms with Gasteiger partial charge in [0.1, 0.15) is 0 Å². The van der Waals surface area contributed by atoms with Gasteiger partial charge in [-0.3, -0.25) is 4.79 Å². The maximum Gasteiger partial charge on any atom is 0.222 e. The molecule has 88 valence electrons. The SMILES string of the molecule is CCS(=O)(=O)N1CCC(C(=O)NC)CC1. The molecule has 6 heteroatoms. The molecule has 0 atom stereocenters. The van der Waals surface area contributed by atoms with Gasteiger partial charge in [0.05, 0.1) is 5.75 Å². The van der Waals surface area contributed by atoms with Crippen LogP contribution in [0.3, 0.4) is 0 Å². The van der Waals surface area contributed by atoms with Crippen molar-refractivity contribution in [1.29, 1.82) is 0 Å². The molecule has 1 N–H and O–H groups in total. The van der Waals surface area contributed by atoms with E-state index < -0.39 is 10.0 Å². The van der Waals surface area contributed by atoms with Crippen molar-refractivity contribution in [3.63, 3.8) is 0 Å². The number of hydrogen-bond donors (Lipinski definition) is 1. The summed E-state index contributed by atoms with van der Waals surface area (Å²) in [4.78, 5) is 11.3. The van der Waals surface area contributed by atoms with E-state index in [0.717, 1.165) is 0 Å². The van der Waals surface area contributed by atoms with Gasteiger partial charge in [-0.05, 0) is 19.8 Å². The summed E-state index contributed by atoms with van der Waals surface area (Å²) >= 11 is 0. The van der Waals surface area contributed by atoms with Crippen LogP contribution in [0.5, 0.6) is 0 Å². The first-order chi connectivity index (χ1) is 7.01. The molecular weight excluding hydrogens is 216 g/mol. The van der Waals surface area contributed by atoms with Crippen molar-refractivity contribution in [3.8, 4) is 0 Å². The number of carbonyl (C=O) groups excluding carboxylic acids is 1. The molecule has 0 aliphatic carbocycles. The van der Waals surface area contributed by atoms with Crippen LogP contribution in [0.25, 0.3) is 0 Å². The summed E-state index contributed by atoms with van der Waals surface area (Å²) in [7, 11) is -1.47. The monoisotopic (exact) mass is 234 g/mol. The molecule has 0 spiro atoms. The van der Waals surface area contributed by atoms with Crippen LogP contribution in [0.2, 0.25) is 0 Å². The van der Waals surface area contributed by atoms with Gasteiger partial charge in [-0.25, -0.2) is 12.7 Å². The van der Waals surface area contributed by atoms with E-state index in [-0.39, 0.29) is 17.6 Å². The highest BCUT2D eigenvalue weighted by molar-refractivity contribution is 7.89. The number of amides is 1. The Balaban J connectivity index is 2.53. The third kappa shape index (κ3) is 2.92. The molecule has 1 amide bonds. The lowest BCUT2D eigenvalue weighted by Gasteiger charge is -2.29. The molecule has 0 aromatic carbocycles. The second kappa shape index (κ2) is 4.94. The van der Waals surface area contributed by atoms with Crippen LogP contribution in [-0.2, 0) is 14.8 Å². The Labute approximate surface area is 90.9 Å². The van der Waals surface area contributed by atoms with Crippen molar-refractivity contribution in [2.24, 2.45) is 5.92 Å². The first-order valence-electron chi connectivity index (χ1n) is 5.20. The number of rotatable bonds is 3. The minimum Gasteiger partial charge on any atom is -0.359 e. The summed E-state index contributed by atoms with van der Waals surface area (Å²) < 4.78 is 24.5. The maximum atomic E-state index is 11.5. The van der Waals surface area contributed by atoms with Crippen molar-refractivity contribution in [1.82, 2.24) is 9.62 Å². The van der Waals surface area contributed by atoms with E-state index in [2.05, 4.69) is 5.32 Å². The van der Waals surface area contributed by atoms with E-state index in [1.165, 1.54) is 4.31 Å². The molecule has 1 aliphatic rings. The van der Waals surface area contributed by atoms with Crippen molar-refractivity contribution < 1.29 is 13.2 Å². The number of nitrogens with one attached hydrogen (secondary N) is 1. The zero-order valence-electron chi connectivity index (χ0n) is 9.19. The third-order valence-electron chi connectivity index (χ3n) is 2.83. The molecule has 0 aromatic rings. The Hall–Kier alpha value is -0.620. The molecule has 0 aromatic heterocycles. The van der Waals surface area contributed by atoms with Crippen LogP contribution in [-0.4, -0.2) is 44.5 Å². The highest BCUT2D eigenvalue weighted by Crippen LogP contribution is 2.19. The summed E-state index contributed by atoms with van der Waals surface area (Å²) in [6.07, 6.45) is 1.25. The van der Waals surface area contributed by atoms with Crippen molar-refractivity contribution >= 4 is 15.9 Å². The van der Waals surface area contributed by atoms with Crippen LogP contribution in [0, 0.1) is 5.92 Å². The molecule has 15 heavy (non-hydrogen) atoms. The molecule has 0 unspecified atom stereocenters. The lowest BCUT2D eigenvalue weighted by molar-refractivity contribution is -0.125. The fraction of sp³-hybridized carbons (Fsp3) is 0.889. The Morgan fingerprint density at radius 3 is 2.33 bits per heavy atom. The van der Waals surface area contributed by atoms with Crippen LogP contribution in [0.1, 0.15) is 19.8 Å². The van der Waals surface area contributed by atoms with Gasteiger partial charge in [0.15, 0.2) is 0 Å². The van der Waals surface area contributed by atoms with E-state index in [0.29, 0.717) is 25.9 Å². The lowest BCUT2D eigenvalue weighted by atomic mass is 9.97. The van der Waals surface area contributed by atoms with Crippen molar-refractivity contribution in [3.05, 3.63) is 0 Å². The predicted octanol–water partition coefficient (Wildman–Crippen LogP) is -0.206. The molecule has 1 fully saturated rings. The Morgan fingerprint density at radius 2 is 1.93 bits per heavy atom. The van der Waals surface area contributed by atoms with Gasteiger partial charge < -0.3 is 5.32 Å². The van der Waals surface area contributed by atoms with Crippen LogP contribution in [0.4, 0.5) is 0 Å². The summed E-state index contributed by atoms with van der Waals surface area (Å²) in [5, 5.41) is 2.60. The molecular formula is C9H18N2O3S. The second-order valence-electron chi connectivity index (χ2n) is 3.69. The zero-order valence-corrected chi connectivity index (χ0v) is 10.0. The number of nitrogens with zero attached hydrogens (tertiary/aromatic N) is 1. The highest BCUT2D eigenvalue weighted by Gasteiger charge is 2.29. The number of carbonyl (C=O) groups is 1. The standard InChI is InChI=1S/C9H18N2O3S/c1-3-15(13,14)11-6-4-8(5-7-11)9(12)10-2/h8H,3-7H2,1-2H3,(H,10,12). The normalized spacial score (nSPS) is 20.1. The minimum atomic E-state index is -3.08. The van der Waals surface area contributed by atoms with Gasteiger partial charge in [0.2, 0.25) is 15.9 Å². The van der Waals surface area contributed by atoms with E-state index in [4.69, 9.17) is 0 Å². The molecule has 0 radical (unpaired) electrons. The third-order valence-corrected chi connectivity index (χ3v) is 4.71. The Kier molecular flexibility index (Phi) is 4.10. The van der Waals surface area contributed by atoms with Gasteiger partial charge >= 0.3 is 0 Å². The van der Waals surface area contributed by atoms with Crippen LogP contribution in [0.15, 0.2) is 0 Å². The Morgan fingerprint density at radius 1 is 1.40 bits per heavy atom. The lowest BCUT2D eigenvalue weighted by Crippen LogP contribution is -2.42. The van der Waals surface area contributed by atoms with Crippen molar-refractivity contribution in [2.75, 3.05) is 25.9 Å². The fourth-order valence-electron chi connectivity index (χ4n) is 1.78. The van der Waals surface area contributed by atoms with E-state index in [1.807, 2.05) is 0 Å². The van der Waals surface area contributed by atoms with Crippen LogP contribution < -0.4 is 5.32 Å². The summed E-state index contributed by atoms with van der Waals surface area (Å²) in [6, 6.07) is 0. The molecule has 5 nitrogen and oxygen atoms in total. The van der Waals surface area contributed by atoms with E-state index >= 15 is 0 Å². The zero-order chi connectivity index (χ0) is 11.5. The van der Waals surface area contributed by atoms with Gasteiger partial charge in [-0.2, -0.15) is 0 Å².